The maximum Gasteiger partial charge on any atom is 0.397 e. The van der Waals surface area contributed by atoms with Gasteiger partial charge >= 0.3 is 6.18 Å². The van der Waals surface area contributed by atoms with E-state index in [0.29, 0.717) is 19.4 Å². The van der Waals surface area contributed by atoms with Crippen LogP contribution < -0.4 is 5.73 Å². The van der Waals surface area contributed by atoms with Crippen LogP contribution in [0.2, 0.25) is 0 Å². The maximum atomic E-state index is 12.1. The second kappa shape index (κ2) is 4.99. The lowest BCUT2D eigenvalue weighted by Crippen LogP contribution is -2.50. The van der Waals surface area contributed by atoms with Crippen molar-refractivity contribution in [2.45, 2.75) is 37.9 Å². The first kappa shape index (κ1) is 13.2. The lowest BCUT2D eigenvalue weighted by Gasteiger charge is -2.35. The average Bonchev–Trinajstić information content (AvgIpc) is 2.15. The van der Waals surface area contributed by atoms with Gasteiger partial charge in [-0.3, -0.25) is 4.79 Å². The summed E-state index contributed by atoms with van der Waals surface area (Å²) in [6, 6.07) is -0.515. The van der Waals surface area contributed by atoms with Gasteiger partial charge in [-0.1, -0.05) is 12.2 Å². The fraction of sp³-hybridized carbons (Fsp3) is 0.778. The summed E-state index contributed by atoms with van der Waals surface area (Å²) < 4.78 is 36.2. The van der Waals surface area contributed by atoms with E-state index in [0.717, 1.165) is 11.3 Å². The minimum Gasteiger partial charge on any atom is -0.392 e. The molecule has 1 atom stereocenters. The number of carbonyl (C=O) groups is 1. The van der Waals surface area contributed by atoms with Gasteiger partial charge in [-0.2, -0.15) is 13.2 Å². The Kier molecular flexibility index (Phi) is 4.12. The summed E-state index contributed by atoms with van der Waals surface area (Å²) in [5, 5.41) is 0. The number of amides is 1. The Morgan fingerprint density at radius 3 is 2.56 bits per heavy atom. The molecule has 0 aromatic rings. The van der Waals surface area contributed by atoms with Crippen LogP contribution in [0.25, 0.3) is 0 Å². The molecule has 1 aliphatic rings. The first-order valence-corrected chi connectivity index (χ1v) is 5.37. The summed E-state index contributed by atoms with van der Waals surface area (Å²) in [6.45, 7) is 0.302. The first-order chi connectivity index (χ1) is 7.31. The van der Waals surface area contributed by atoms with E-state index in [2.05, 4.69) is 0 Å². The molecule has 1 fully saturated rings. The molecule has 0 aromatic heterocycles. The summed E-state index contributed by atoms with van der Waals surface area (Å²) in [4.78, 5) is 12.7. The van der Waals surface area contributed by atoms with Crippen molar-refractivity contribution in [1.82, 2.24) is 4.90 Å². The van der Waals surface area contributed by atoms with Crippen LogP contribution in [0.5, 0.6) is 0 Å². The van der Waals surface area contributed by atoms with Crippen molar-refractivity contribution in [3.8, 4) is 0 Å². The number of rotatable bonds is 2. The third kappa shape index (κ3) is 3.62. The predicted octanol–water partition coefficient (Wildman–Crippen LogP) is 1.61. The maximum absolute atomic E-state index is 12.1. The van der Waals surface area contributed by atoms with E-state index in [4.69, 9.17) is 18.0 Å². The van der Waals surface area contributed by atoms with Crippen LogP contribution >= 0.6 is 12.2 Å². The smallest absolute Gasteiger partial charge is 0.392 e. The Morgan fingerprint density at radius 2 is 2.06 bits per heavy atom. The van der Waals surface area contributed by atoms with Gasteiger partial charge in [0.15, 0.2) is 0 Å². The second-order valence-corrected chi connectivity index (χ2v) is 4.26. The molecule has 1 saturated heterocycles. The fourth-order valence-corrected chi connectivity index (χ4v) is 2.04. The molecule has 1 aliphatic heterocycles. The third-order valence-corrected chi connectivity index (χ3v) is 2.78. The van der Waals surface area contributed by atoms with Crippen LogP contribution in [0, 0.1) is 0 Å². The van der Waals surface area contributed by atoms with Gasteiger partial charge in [-0.15, -0.1) is 0 Å². The normalized spacial score (nSPS) is 21.9. The van der Waals surface area contributed by atoms with E-state index < -0.39 is 24.5 Å². The van der Waals surface area contributed by atoms with E-state index in [1.165, 1.54) is 0 Å². The summed E-state index contributed by atoms with van der Waals surface area (Å²) in [6.07, 6.45) is -3.83. The van der Waals surface area contributed by atoms with Crippen molar-refractivity contribution in [1.29, 1.82) is 0 Å². The van der Waals surface area contributed by atoms with Crippen molar-refractivity contribution in [2.24, 2.45) is 5.73 Å². The highest BCUT2D eigenvalue weighted by Gasteiger charge is 2.37. The zero-order valence-electron chi connectivity index (χ0n) is 8.59. The van der Waals surface area contributed by atoms with Gasteiger partial charge < -0.3 is 10.6 Å². The monoisotopic (exact) mass is 254 g/mol. The minimum atomic E-state index is -4.48. The summed E-state index contributed by atoms with van der Waals surface area (Å²) >= 11 is 4.76. The molecule has 0 saturated carbocycles. The number of hydrogen-bond donors (Lipinski definition) is 1. The molecule has 7 heteroatoms. The van der Waals surface area contributed by atoms with Crippen molar-refractivity contribution >= 4 is 23.1 Å². The number of carbonyl (C=O) groups excluding carboxylic acids is 1. The predicted molar refractivity (Wildman–Crippen MR) is 56.8 cm³/mol. The van der Waals surface area contributed by atoms with Gasteiger partial charge in [0.25, 0.3) is 0 Å². The Bertz CT molecular complexity index is 293. The van der Waals surface area contributed by atoms with E-state index >= 15 is 0 Å². The van der Waals surface area contributed by atoms with Gasteiger partial charge in [-0.25, -0.2) is 0 Å². The molecule has 0 radical (unpaired) electrons. The summed E-state index contributed by atoms with van der Waals surface area (Å²) in [5.74, 6) is -0.940. The number of nitrogens with zero attached hydrogens (tertiary/aromatic N) is 1. The van der Waals surface area contributed by atoms with Gasteiger partial charge in [-0.05, 0) is 19.3 Å². The highest BCUT2D eigenvalue weighted by Crippen LogP contribution is 2.24. The fourth-order valence-electron chi connectivity index (χ4n) is 1.80. The van der Waals surface area contributed by atoms with E-state index in [1.54, 1.807) is 0 Å². The lowest BCUT2D eigenvalue weighted by atomic mass is 10.0. The van der Waals surface area contributed by atoms with Crippen LogP contribution in [0.1, 0.15) is 25.7 Å². The number of piperidine rings is 1. The third-order valence-electron chi connectivity index (χ3n) is 2.50. The van der Waals surface area contributed by atoms with Crippen LogP contribution in [0.15, 0.2) is 0 Å². The van der Waals surface area contributed by atoms with Crippen molar-refractivity contribution in [3.63, 3.8) is 0 Å². The zero-order valence-corrected chi connectivity index (χ0v) is 9.40. The molecule has 0 aliphatic carbocycles. The van der Waals surface area contributed by atoms with Crippen LogP contribution in [0.3, 0.4) is 0 Å². The van der Waals surface area contributed by atoms with Gasteiger partial charge in [0, 0.05) is 6.54 Å². The molecule has 0 bridgehead atoms. The quantitative estimate of drug-likeness (QED) is 0.761. The molecule has 1 amide bonds. The number of thiocarbonyl (C=S) groups is 1. The van der Waals surface area contributed by atoms with Gasteiger partial charge in [0.05, 0.1) is 11.0 Å². The molecular formula is C9H13F3N2OS. The summed E-state index contributed by atoms with van der Waals surface area (Å²) in [7, 11) is 0. The lowest BCUT2D eigenvalue weighted by molar-refractivity contribution is -0.162. The largest absolute Gasteiger partial charge is 0.397 e. The highest BCUT2D eigenvalue weighted by molar-refractivity contribution is 7.80. The summed E-state index contributed by atoms with van der Waals surface area (Å²) in [5.41, 5.74) is 5.42. The van der Waals surface area contributed by atoms with Crippen LogP contribution in [-0.4, -0.2) is 34.6 Å². The molecular weight excluding hydrogens is 241 g/mol. The number of alkyl halides is 3. The second-order valence-electron chi connectivity index (χ2n) is 3.79. The standard InChI is InChI=1S/C9H13F3N2OS/c10-9(11,12)5-7(15)14-4-2-1-3-6(14)8(13)16/h6H,1-5H2,(H2,13,16). The van der Waals surface area contributed by atoms with Crippen molar-refractivity contribution in [3.05, 3.63) is 0 Å². The van der Waals surface area contributed by atoms with Crippen molar-refractivity contribution < 1.29 is 18.0 Å². The van der Waals surface area contributed by atoms with Crippen LogP contribution in [-0.2, 0) is 4.79 Å². The van der Waals surface area contributed by atoms with Gasteiger partial charge in [0.1, 0.15) is 6.42 Å². The Morgan fingerprint density at radius 1 is 1.44 bits per heavy atom. The molecule has 16 heavy (non-hydrogen) atoms. The number of likely N-dealkylation sites (tertiary alicyclic amines) is 1. The Hall–Kier alpha value is -0.850. The zero-order chi connectivity index (χ0) is 12.3. The number of halogens is 3. The topological polar surface area (TPSA) is 46.3 Å². The Balaban J connectivity index is 2.68. The first-order valence-electron chi connectivity index (χ1n) is 4.97. The molecule has 1 unspecified atom stereocenters. The molecule has 3 nitrogen and oxygen atoms in total. The van der Waals surface area contributed by atoms with E-state index in [1.807, 2.05) is 0 Å². The van der Waals surface area contributed by atoms with E-state index in [9.17, 15) is 18.0 Å². The SMILES string of the molecule is NC(=S)C1CCCCN1C(=O)CC(F)(F)F. The number of hydrogen-bond acceptors (Lipinski definition) is 2. The Labute approximate surface area is 96.8 Å². The minimum absolute atomic E-state index is 0.0928. The molecule has 1 rings (SSSR count). The molecule has 1 heterocycles. The molecule has 92 valence electrons. The highest BCUT2D eigenvalue weighted by atomic mass is 32.1. The van der Waals surface area contributed by atoms with Crippen molar-refractivity contribution in [2.75, 3.05) is 6.54 Å². The average molecular weight is 254 g/mol. The molecule has 2 N–H and O–H groups in total. The van der Waals surface area contributed by atoms with E-state index in [-0.39, 0.29) is 4.99 Å². The van der Waals surface area contributed by atoms with Crippen LogP contribution in [0.4, 0.5) is 13.2 Å². The molecule has 0 aromatic carbocycles. The number of nitrogens with two attached hydrogens (primary N) is 1. The molecule has 0 spiro atoms. The van der Waals surface area contributed by atoms with Gasteiger partial charge in [0.2, 0.25) is 5.91 Å².